The molecule has 1 amide bonds. The molecule has 0 N–H and O–H groups in total. The summed E-state index contributed by atoms with van der Waals surface area (Å²) < 4.78 is 20.5. The Bertz CT molecular complexity index is 802. The van der Waals surface area contributed by atoms with Gasteiger partial charge in [-0.05, 0) is 57.5 Å². The van der Waals surface area contributed by atoms with Gasteiger partial charge in [-0.1, -0.05) is 23.8 Å². The van der Waals surface area contributed by atoms with Gasteiger partial charge in [0.25, 0.3) is 0 Å². The smallest absolute Gasteiger partial charge is 0.243 e. The highest BCUT2D eigenvalue weighted by Crippen LogP contribution is 2.28. The molecule has 0 aromatic heterocycles. The van der Waals surface area contributed by atoms with E-state index in [1.165, 1.54) is 0 Å². The number of rotatable bonds is 8. The van der Waals surface area contributed by atoms with Crippen molar-refractivity contribution in [3.63, 3.8) is 0 Å². The molecule has 1 atom stereocenters. The van der Waals surface area contributed by atoms with Crippen LogP contribution in [0.25, 0.3) is 0 Å². The van der Waals surface area contributed by atoms with Crippen LogP contribution in [0, 0.1) is 13.8 Å². The van der Waals surface area contributed by atoms with Crippen molar-refractivity contribution < 1.29 is 13.7 Å². The summed E-state index contributed by atoms with van der Waals surface area (Å²) in [5, 5.41) is 0. The Morgan fingerprint density at radius 3 is 2.15 bits per heavy atom. The lowest BCUT2D eigenvalue weighted by Crippen LogP contribution is -2.41. The maximum atomic E-state index is 13.4. The second-order valence-corrected chi connectivity index (χ2v) is 7.72. The Morgan fingerprint density at radius 2 is 1.59 bits per heavy atom. The van der Waals surface area contributed by atoms with E-state index in [4.69, 9.17) is 4.74 Å². The van der Waals surface area contributed by atoms with Gasteiger partial charge in [0.15, 0.2) is 11.0 Å². The highest BCUT2D eigenvalue weighted by atomic mass is 32.2. The third-order valence-corrected chi connectivity index (χ3v) is 5.88. The van der Waals surface area contributed by atoms with Crippen LogP contribution in [0.1, 0.15) is 25.0 Å². The summed E-state index contributed by atoms with van der Waals surface area (Å²) in [6.45, 7) is 9.12. The molecule has 2 rings (SSSR count). The van der Waals surface area contributed by atoms with Crippen molar-refractivity contribution in [2.75, 3.05) is 31.0 Å². The molecule has 0 radical (unpaired) electrons. The van der Waals surface area contributed by atoms with E-state index in [0.717, 1.165) is 16.8 Å². The van der Waals surface area contributed by atoms with Crippen molar-refractivity contribution in [1.29, 1.82) is 0 Å². The minimum Gasteiger partial charge on any atom is -0.495 e. The monoisotopic (exact) mass is 388 g/mol. The van der Waals surface area contributed by atoms with E-state index < -0.39 is 11.0 Å². The Kier molecular flexibility index (Phi) is 7.42. The van der Waals surface area contributed by atoms with Crippen molar-refractivity contribution >= 4 is 22.6 Å². The first kappa shape index (κ1) is 21.0. The molecule has 0 saturated heterocycles. The summed E-state index contributed by atoms with van der Waals surface area (Å²) in [6, 6.07) is 13.2. The van der Waals surface area contributed by atoms with Gasteiger partial charge in [-0.2, -0.15) is 0 Å². The third kappa shape index (κ3) is 5.10. The number of likely N-dealkylation sites (N-methyl/N-ethyl adjacent to an activating group) is 1. The molecular weight excluding hydrogens is 360 g/mol. The molecule has 6 heteroatoms. The van der Waals surface area contributed by atoms with Crippen LogP contribution in [0.15, 0.2) is 47.4 Å². The van der Waals surface area contributed by atoms with Crippen molar-refractivity contribution in [1.82, 2.24) is 4.90 Å². The number of amides is 1. The van der Waals surface area contributed by atoms with Crippen LogP contribution >= 0.6 is 0 Å². The molecule has 0 saturated carbocycles. The van der Waals surface area contributed by atoms with E-state index in [-0.39, 0.29) is 12.5 Å². The molecule has 0 spiro atoms. The van der Waals surface area contributed by atoms with Gasteiger partial charge in [0.2, 0.25) is 5.91 Å². The van der Waals surface area contributed by atoms with E-state index in [1.807, 2.05) is 64.1 Å². The molecule has 0 bridgehead atoms. The maximum Gasteiger partial charge on any atom is 0.243 e. The van der Waals surface area contributed by atoms with Crippen LogP contribution in [0.4, 0.5) is 5.69 Å². The number of ether oxygens (including phenoxy) is 1. The molecule has 0 aliphatic carbocycles. The van der Waals surface area contributed by atoms with Crippen LogP contribution in [0.5, 0.6) is 5.75 Å². The van der Waals surface area contributed by atoms with Gasteiger partial charge in [-0.15, -0.1) is 0 Å². The number of carbonyl (C=O) groups is 1. The second-order valence-electron chi connectivity index (χ2n) is 6.34. The van der Waals surface area contributed by atoms with Crippen molar-refractivity contribution in [2.45, 2.75) is 32.6 Å². The van der Waals surface area contributed by atoms with E-state index in [2.05, 4.69) is 0 Å². The quantitative estimate of drug-likeness (QED) is 0.693. The zero-order valence-electron chi connectivity index (χ0n) is 16.7. The summed E-state index contributed by atoms with van der Waals surface area (Å²) in [7, 11) is -0.0165. The van der Waals surface area contributed by atoms with Gasteiger partial charge in [-0.3, -0.25) is 9.10 Å². The van der Waals surface area contributed by atoms with Gasteiger partial charge in [0, 0.05) is 13.1 Å². The maximum absolute atomic E-state index is 13.4. The summed E-state index contributed by atoms with van der Waals surface area (Å²) in [5.74, 6) is 0.501. The van der Waals surface area contributed by atoms with Gasteiger partial charge in [0.05, 0.1) is 12.8 Å². The molecule has 5 nitrogen and oxygen atoms in total. The highest BCUT2D eigenvalue weighted by molar-refractivity contribution is 7.86. The minimum absolute atomic E-state index is 0.0361. The fourth-order valence-corrected chi connectivity index (χ4v) is 4.07. The van der Waals surface area contributed by atoms with Gasteiger partial charge >= 0.3 is 0 Å². The molecule has 2 aromatic carbocycles. The predicted molar refractivity (Wildman–Crippen MR) is 111 cm³/mol. The zero-order valence-corrected chi connectivity index (χ0v) is 17.5. The Balaban J connectivity index is 2.44. The molecule has 1 unspecified atom stereocenters. The summed E-state index contributed by atoms with van der Waals surface area (Å²) in [4.78, 5) is 15.0. The third-order valence-electron chi connectivity index (χ3n) is 4.42. The Morgan fingerprint density at radius 1 is 1.00 bits per heavy atom. The van der Waals surface area contributed by atoms with Crippen LogP contribution in [-0.2, 0) is 15.8 Å². The normalized spacial score (nSPS) is 11.7. The second kappa shape index (κ2) is 9.55. The average molecular weight is 389 g/mol. The fourth-order valence-electron chi connectivity index (χ4n) is 2.79. The van der Waals surface area contributed by atoms with Crippen LogP contribution < -0.4 is 9.04 Å². The number of aryl methyl sites for hydroxylation is 2. The van der Waals surface area contributed by atoms with Crippen LogP contribution in [-0.4, -0.2) is 41.8 Å². The van der Waals surface area contributed by atoms with Crippen molar-refractivity contribution in [3.05, 3.63) is 53.6 Å². The van der Waals surface area contributed by atoms with Gasteiger partial charge < -0.3 is 9.64 Å². The molecular formula is C21H28N2O3S. The van der Waals surface area contributed by atoms with E-state index >= 15 is 0 Å². The number of nitrogens with zero attached hydrogens (tertiary/aromatic N) is 2. The molecule has 27 heavy (non-hydrogen) atoms. The topological polar surface area (TPSA) is 49.9 Å². The molecule has 2 aromatic rings. The SMILES string of the molecule is CCN(CC)C(=O)CN(c1ccc(C)cc1)S(=O)c1ccc(C)cc1OC. The summed E-state index contributed by atoms with van der Waals surface area (Å²) in [5.41, 5.74) is 2.86. The largest absolute Gasteiger partial charge is 0.495 e. The van der Waals surface area contributed by atoms with Crippen LogP contribution in [0.2, 0.25) is 0 Å². The molecule has 146 valence electrons. The summed E-state index contributed by atoms with van der Waals surface area (Å²) in [6.07, 6.45) is 0. The average Bonchev–Trinajstić information content (AvgIpc) is 2.67. The molecule has 0 heterocycles. The Labute approximate surface area is 164 Å². The first-order valence-corrected chi connectivity index (χ1v) is 10.2. The Hall–Kier alpha value is -2.34. The molecule has 0 aliphatic heterocycles. The number of hydrogen-bond donors (Lipinski definition) is 0. The fraction of sp³-hybridized carbons (Fsp3) is 0.381. The highest BCUT2D eigenvalue weighted by Gasteiger charge is 2.24. The number of hydrogen-bond acceptors (Lipinski definition) is 3. The molecule has 0 aliphatic rings. The van der Waals surface area contributed by atoms with Gasteiger partial charge in [0.1, 0.15) is 17.2 Å². The lowest BCUT2D eigenvalue weighted by atomic mass is 10.2. The first-order chi connectivity index (χ1) is 12.9. The van der Waals surface area contributed by atoms with Crippen molar-refractivity contribution in [3.8, 4) is 5.75 Å². The lowest BCUT2D eigenvalue weighted by molar-refractivity contribution is -0.129. The van der Waals surface area contributed by atoms with E-state index in [9.17, 15) is 9.00 Å². The van der Waals surface area contributed by atoms with Crippen molar-refractivity contribution in [2.24, 2.45) is 0 Å². The minimum atomic E-state index is -1.58. The number of methoxy groups -OCH3 is 1. The van der Waals surface area contributed by atoms with E-state index in [1.54, 1.807) is 22.4 Å². The standard InChI is InChI=1S/C21H28N2O3S/c1-6-22(7-2)21(24)15-23(18-11-8-16(3)9-12-18)27(25)20-13-10-17(4)14-19(20)26-5/h8-14H,6-7,15H2,1-5H3. The lowest BCUT2D eigenvalue weighted by Gasteiger charge is -2.27. The molecule has 0 fully saturated rings. The number of anilines is 1. The van der Waals surface area contributed by atoms with Crippen LogP contribution in [0.3, 0.4) is 0 Å². The van der Waals surface area contributed by atoms with E-state index in [0.29, 0.717) is 23.7 Å². The summed E-state index contributed by atoms with van der Waals surface area (Å²) >= 11 is 0. The first-order valence-electron chi connectivity index (χ1n) is 9.09. The predicted octanol–water partition coefficient (Wildman–Crippen LogP) is 3.71. The zero-order chi connectivity index (χ0) is 20.0. The number of carbonyl (C=O) groups excluding carboxylic acids is 1. The van der Waals surface area contributed by atoms with Gasteiger partial charge in [-0.25, -0.2) is 4.21 Å². The number of benzene rings is 2.